The molecular weight excluding hydrogens is 248 g/mol. The van der Waals surface area contributed by atoms with E-state index in [4.69, 9.17) is 0 Å². The Morgan fingerprint density at radius 1 is 0.750 bits per heavy atom. The molecule has 2 nitrogen and oxygen atoms in total. The van der Waals surface area contributed by atoms with E-state index in [1.165, 1.54) is 0 Å². The maximum atomic E-state index is 9.92. The Morgan fingerprint density at radius 2 is 1.40 bits per heavy atom. The first kappa shape index (κ1) is 14.2. The molecule has 0 aliphatic rings. The summed E-state index contributed by atoms with van der Waals surface area (Å²) in [5.74, 6) is 0.660. The third kappa shape index (κ3) is 2.69. The number of hydrogen-bond donors (Lipinski definition) is 2. The van der Waals surface area contributed by atoms with Gasteiger partial charge in [0, 0.05) is 0 Å². The van der Waals surface area contributed by atoms with Crippen molar-refractivity contribution in [3.8, 4) is 11.5 Å². The fourth-order valence-corrected chi connectivity index (χ4v) is 2.30. The van der Waals surface area contributed by atoms with E-state index in [0.29, 0.717) is 5.75 Å². The molecule has 0 heterocycles. The van der Waals surface area contributed by atoms with Crippen LogP contribution in [-0.4, -0.2) is 10.2 Å². The van der Waals surface area contributed by atoms with Gasteiger partial charge in [-0.05, 0) is 79.3 Å². The Hall–Kier alpha value is -2.22. The monoisotopic (exact) mass is 268 g/mol. The van der Waals surface area contributed by atoms with E-state index in [9.17, 15) is 10.2 Å². The number of hydrogen-bond acceptors (Lipinski definition) is 2. The molecule has 0 fully saturated rings. The normalized spacial score (nSPS) is 11.2. The van der Waals surface area contributed by atoms with Crippen LogP contribution in [0.3, 0.4) is 0 Å². The van der Waals surface area contributed by atoms with Gasteiger partial charge in [-0.1, -0.05) is 18.2 Å². The number of benzene rings is 2. The Bertz CT molecular complexity index is 682. The fourth-order valence-electron chi connectivity index (χ4n) is 2.30. The van der Waals surface area contributed by atoms with Crippen LogP contribution in [0.4, 0.5) is 0 Å². The van der Waals surface area contributed by atoms with Crippen molar-refractivity contribution < 1.29 is 10.2 Å². The SMILES string of the molecule is Cc1cc(O)ccc1C=Cc1cc(C)c(O)c(C)c1C. The highest BCUT2D eigenvalue weighted by atomic mass is 16.3. The summed E-state index contributed by atoms with van der Waals surface area (Å²) in [7, 11) is 0. The molecule has 2 rings (SSSR count). The molecule has 0 unspecified atom stereocenters. The number of aromatic hydroxyl groups is 2. The third-order valence-corrected chi connectivity index (χ3v) is 3.79. The Kier molecular flexibility index (Phi) is 3.84. The second-order valence-electron chi connectivity index (χ2n) is 5.26. The molecule has 0 bridgehead atoms. The topological polar surface area (TPSA) is 40.5 Å². The predicted molar refractivity (Wildman–Crippen MR) is 84.1 cm³/mol. The van der Waals surface area contributed by atoms with Crippen LogP contribution in [0, 0.1) is 27.7 Å². The van der Waals surface area contributed by atoms with E-state index in [-0.39, 0.29) is 5.75 Å². The van der Waals surface area contributed by atoms with Gasteiger partial charge < -0.3 is 10.2 Å². The van der Waals surface area contributed by atoms with E-state index >= 15 is 0 Å². The average Bonchev–Trinajstić information content (AvgIpc) is 2.40. The number of phenols is 2. The molecule has 2 aromatic rings. The van der Waals surface area contributed by atoms with Crippen molar-refractivity contribution in [2.24, 2.45) is 0 Å². The molecule has 2 heteroatoms. The van der Waals surface area contributed by atoms with Crippen molar-refractivity contribution in [2.45, 2.75) is 27.7 Å². The number of rotatable bonds is 2. The Balaban J connectivity index is 2.42. The van der Waals surface area contributed by atoms with Gasteiger partial charge in [0.15, 0.2) is 0 Å². The van der Waals surface area contributed by atoms with Crippen LogP contribution in [0.15, 0.2) is 24.3 Å². The lowest BCUT2D eigenvalue weighted by molar-refractivity contribution is 0.466. The summed E-state index contributed by atoms with van der Waals surface area (Å²) in [4.78, 5) is 0. The Labute approximate surface area is 120 Å². The van der Waals surface area contributed by atoms with Gasteiger partial charge >= 0.3 is 0 Å². The van der Waals surface area contributed by atoms with Crippen LogP contribution in [0.2, 0.25) is 0 Å². The maximum absolute atomic E-state index is 9.92. The number of aryl methyl sites for hydroxylation is 2. The summed E-state index contributed by atoms with van der Waals surface area (Å²) in [5, 5.41) is 19.3. The van der Waals surface area contributed by atoms with Crippen molar-refractivity contribution in [3.63, 3.8) is 0 Å². The summed E-state index contributed by atoms with van der Waals surface area (Å²) >= 11 is 0. The number of phenolic OH excluding ortho intramolecular Hbond substituents is 2. The zero-order valence-electron chi connectivity index (χ0n) is 12.4. The van der Waals surface area contributed by atoms with Crippen molar-refractivity contribution >= 4 is 12.2 Å². The summed E-state index contributed by atoms with van der Waals surface area (Å²) < 4.78 is 0. The average molecular weight is 268 g/mol. The molecule has 2 N–H and O–H groups in total. The van der Waals surface area contributed by atoms with Gasteiger partial charge in [0.05, 0.1) is 0 Å². The van der Waals surface area contributed by atoms with Crippen LogP contribution in [0.5, 0.6) is 11.5 Å². The summed E-state index contributed by atoms with van der Waals surface area (Å²) in [5.41, 5.74) is 6.10. The molecule has 0 radical (unpaired) electrons. The largest absolute Gasteiger partial charge is 0.508 e. The van der Waals surface area contributed by atoms with Gasteiger partial charge in [-0.3, -0.25) is 0 Å². The highest BCUT2D eigenvalue weighted by Crippen LogP contribution is 2.28. The van der Waals surface area contributed by atoms with Crippen LogP contribution in [0.25, 0.3) is 12.2 Å². The minimum atomic E-state index is 0.284. The smallest absolute Gasteiger partial charge is 0.121 e. The van der Waals surface area contributed by atoms with E-state index in [0.717, 1.165) is 33.4 Å². The van der Waals surface area contributed by atoms with Gasteiger partial charge in [-0.15, -0.1) is 0 Å². The zero-order valence-corrected chi connectivity index (χ0v) is 12.4. The molecule has 0 saturated heterocycles. The third-order valence-electron chi connectivity index (χ3n) is 3.79. The van der Waals surface area contributed by atoms with Gasteiger partial charge in [-0.25, -0.2) is 0 Å². The van der Waals surface area contributed by atoms with E-state index in [1.807, 2.05) is 52.0 Å². The van der Waals surface area contributed by atoms with Gasteiger partial charge in [0.2, 0.25) is 0 Å². The summed E-state index contributed by atoms with van der Waals surface area (Å²) in [6.45, 7) is 7.82. The predicted octanol–water partition coefficient (Wildman–Crippen LogP) is 4.50. The minimum absolute atomic E-state index is 0.284. The molecular formula is C18H20O2. The summed E-state index contributed by atoms with van der Waals surface area (Å²) in [6.07, 6.45) is 4.08. The van der Waals surface area contributed by atoms with Crippen LogP contribution in [0.1, 0.15) is 33.4 Å². The van der Waals surface area contributed by atoms with Gasteiger partial charge in [0.1, 0.15) is 11.5 Å². The lowest BCUT2D eigenvalue weighted by Gasteiger charge is -2.10. The zero-order chi connectivity index (χ0) is 14.9. The van der Waals surface area contributed by atoms with Gasteiger partial charge in [0.25, 0.3) is 0 Å². The first-order chi connectivity index (χ1) is 9.40. The highest BCUT2D eigenvalue weighted by molar-refractivity contribution is 5.74. The van der Waals surface area contributed by atoms with Crippen LogP contribution in [-0.2, 0) is 0 Å². The fraction of sp³-hybridized carbons (Fsp3) is 0.222. The molecule has 2 aromatic carbocycles. The van der Waals surface area contributed by atoms with E-state index in [2.05, 4.69) is 0 Å². The molecule has 0 spiro atoms. The molecule has 0 atom stereocenters. The first-order valence-electron chi connectivity index (χ1n) is 6.67. The van der Waals surface area contributed by atoms with Crippen LogP contribution >= 0.6 is 0 Å². The molecule has 0 aliphatic heterocycles. The molecule has 104 valence electrons. The van der Waals surface area contributed by atoms with E-state index in [1.54, 1.807) is 12.1 Å². The van der Waals surface area contributed by atoms with Crippen molar-refractivity contribution in [1.82, 2.24) is 0 Å². The van der Waals surface area contributed by atoms with Crippen LogP contribution < -0.4 is 0 Å². The molecule has 0 amide bonds. The second-order valence-corrected chi connectivity index (χ2v) is 5.26. The van der Waals surface area contributed by atoms with Crippen molar-refractivity contribution in [2.75, 3.05) is 0 Å². The molecule has 20 heavy (non-hydrogen) atoms. The standard InChI is InChI=1S/C18H20O2/c1-11-10-17(19)8-7-15(11)5-6-16-9-12(2)18(20)14(4)13(16)3/h5-10,19-20H,1-4H3. The minimum Gasteiger partial charge on any atom is -0.508 e. The molecule has 0 aliphatic carbocycles. The first-order valence-corrected chi connectivity index (χ1v) is 6.67. The molecule has 0 saturated carbocycles. The van der Waals surface area contributed by atoms with E-state index < -0.39 is 0 Å². The summed E-state index contributed by atoms with van der Waals surface area (Å²) in [6, 6.07) is 7.33. The van der Waals surface area contributed by atoms with Crippen molar-refractivity contribution in [3.05, 3.63) is 57.6 Å². The van der Waals surface area contributed by atoms with Crippen molar-refractivity contribution in [1.29, 1.82) is 0 Å². The second kappa shape index (κ2) is 5.41. The quantitative estimate of drug-likeness (QED) is 0.787. The Morgan fingerprint density at radius 3 is 2.05 bits per heavy atom. The lowest BCUT2D eigenvalue weighted by atomic mass is 9.97. The molecule has 0 aromatic heterocycles. The van der Waals surface area contributed by atoms with Gasteiger partial charge in [-0.2, -0.15) is 0 Å². The highest BCUT2D eigenvalue weighted by Gasteiger charge is 2.07. The maximum Gasteiger partial charge on any atom is 0.121 e. The lowest BCUT2D eigenvalue weighted by Crippen LogP contribution is -1.90.